The number of amides is 1. The van der Waals surface area contributed by atoms with Gasteiger partial charge in [-0.25, -0.2) is 4.79 Å². The van der Waals surface area contributed by atoms with Crippen LogP contribution in [-0.2, 0) is 9.47 Å². The van der Waals surface area contributed by atoms with Gasteiger partial charge in [0.15, 0.2) is 0 Å². The molecule has 0 saturated carbocycles. The van der Waals surface area contributed by atoms with Gasteiger partial charge in [-0.2, -0.15) is 5.26 Å². The second-order valence-electron chi connectivity index (χ2n) is 4.93. The summed E-state index contributed by atoms with van der Waals surface area (Å²) in [6.45, 7) is 5.83. The molecular formula is C12H18N2O3. The molecule has 0 bridgehead atoms. The monoisotopic (exact) mass is 238 g/mol. The van der Waals surface area contributed by atoms with E-state index < -0.39 is 11.7 Å². The summed E-state index contributed by atoms with van der Waals surface area (Å²) in [5, 5.41) is 11.2. The van der Waals surface area contributed by atoms with Crippen molar-refractivity contribution in [2.45, 2.75) is 45.3 Å². The lowest BCUT2D eigenvalue weighted by Gasteiger charge is -2.27. The van der Waals surface area contributed by atoms with E-state index in [1.807, 2.05) is 26.8 Å². The number of hydrogen-bond donors (Lipinski definition) is 1. The number of carbonyl (C=O) groups is 1. The van der Waals surface area contributed by atoms with Crippen LogP contribution >= 0.6 is 0 Å². The zero-order valence-electron chi connectivity index (χ0n) is 10.4. The molecule has 1 aliphatic heterocycles. The zero-order chi connectivity index (χ0) is 12.9. The van der Waals surface area contributed by atoms with Crippen molar-refractivity contribution in [1.82, 2.24) is 5.32 Å². The highest BCUT2D eigenvalue weighted by atomic mass is 16.6. The predicted molar refractivity (Wildman–Crippen MR) is 62.0 cm³/mol. The summed E-state index contributed by atoms with van der Waals surface area (Å²) in [6, 6.07) is 1.87. The van der Waals surface area contributed by atoms with Crippen LogP contribution in [0, 0.1) is 11.3 Å². The van der Waals surface area contributed by atoms with Crippen LogP contribution < -0.4 is 5.32 Å². The molecule has 0 radical (unpaired) electrons. The van der Waals surface area contributed by atoms with Crippen LogP contribution in [0.2, 0.25) is 0 Å². The SMILES string of the molecule is CC(C)(C)OC(=O)N[C@H]1CCC(=CC#N)OC1. The lowest BCUT2D eigenvalue weighted by molar-refractivity contribution is 0.0438. The average Bonchev–Trinajstić information content (AvgIpc) is 2.18. The van der Waals surface area contributed by atoms with E-state index in [1.54, 1.807) is 0 Å². The Kier molecular flexibility index (Phi) is 4.38. The summed E-state index contributed by atoms with van der Waals surface area (Å²) in [5.74, 6) is 0.676. The summed E-state index contributed by atoms with van der Waals surface area (Å²) >= 11 is 0. The van der Waals surface area contributed by atoms with Crippen molar-refractivity contribution in [2.75, 3.05) is 6.61 Å². The molecule has 0 aromatic rings. The highest BCUT2D eigenvalue weighted by Gasteiger charge is 2.22. The van der Waals surface area contributed by atoms with Crippen molar-refractivity contribution >= 4 is 6.09 Å². The highest BCUT2D eigenvalue weighted by molar-refractivity contribution is 5.68. The maximum absolute atomic E-state index is 11.5. The molecular weight excluding hydrogens is 220 g/mol. The third-order valence-electron chi connectivity index (χ3n) is 2.16. The smallest absolute Gasteiger partial charge is 0.407 e. The van der Waals surface area contributed by atoms with Crippen LogP contribution in [0.1, 0.15) is 33.6 Å². The molecule has 0 spiro atoms. The molecule has 1 atom stereocenters. The Bertz CT molecular complexity index is 340. The van der Waals surface area contributed by atoms with E-state index >= 15 is 0 Å². The number of carbonyl (C=O) groups excluding carboxylic acids is 1. The van der Waals surface area contributed by atoms with Crippen molar-refractivity contribution in [2.24, 2.45) is 0 Å². The van der Waals surface area contributed by atoms with Crippen LogP contribution in [0.25, 0.3) is 0 Å². The van der Waals surface area contributed by atoms with E-state index in [2.05, 4.69) is 5.32 Å². The second-order valence-corrected chi connectivity index (χ2v) is 4.93. The van der Waals surface area contributed by atoms with Crippen LogP contribution in [-0.4, -0.2) is 24.3 Å². The molecule has 0 aliphatic carbocycles. The molecule has 0 aromatic carbocycles. The fourth-order valence-corrected chi connectivity index (χ4v) is 1.45. The second kappa shape index (κ2) is 5.58. The zero-order valence-corrected chi connectivity index (χ0v) is 10.4. The molecule has 5 heteroatoms. The standard InChI is InChI=1S/C12H18N2O3/c1-12(2,3)17-11(15)14-9-4-5-10(6-7-13)16-8-9/h6,9H,4-5,8H2,1-3H3,(H,14,15)/t9-/m0/s1. The molecule has 0 aromatic heterocycles. The molecule has 1 heterocycles. The number of allylic oxidation sites excluding steroid dienone is 2. The van der Waals surface area contributed by atoms with Crippen molar-refractivity contribution < 1.29 is 14.3 Å². The quantitative estimate of drug-likeness (QED) is 0.710. The Balaban J connectivity index is 2.34. The van der Waals surface area contributed by atoms with Gasteiger partial charge in [0, 0.05) is 6.42 Å². The van der Waals surface area contributed by atoms with Gasteiger partial charge >= 0.3 is 6.09 Å². The van der Waals surface area contributed by atoms with Crippen molar-refractivity contribution in [1.29, 1.82) is 5.26 Å². The van der Waals surface area contributed by atoms with Crippen molar-refractivity contribution in [3.63, 3.8) is 0 Å². The van der Waals surface area contributed by atoms with E-state index in [0.717, 1.165) is 6.42 Å². The van der Waals surface area contributed by atoms with Crippen LogP contribution in [0.3, 0.4) is 0 Å². The van der Waals surface area contributed by atoms with E-state index in [9.17, 15) is 4.79 Å². The first-order chi connectivity index (χ1) is 7.90. The molecule has 94 valence electrons. The lowest BCUT2D eigenvalue weighted by atomic mass is 10.1. The number of nitriles is 1. The average molecular weight is 238 g/mol. The first-order valence-corrected chi connectivity index (χ1v) is 5.61. The normalized spacial score (nSPS) is 22.5. The molecule has 1 amide bonds. The Hall–Kier alpha value is -1.70. The van der Waals surface area contributed by atoms with Gasteiger partial charge in [0.2, 0.25) is 0 Å². The van der Waals surface area contributed by atoms with Crippen molar-refractivity contribution in [3.8, 4) is 6.07 Å². The minimum atomic E-state index is -0.495. The van der Waals surface area contributed by atoms with Crippen molar-refractivity contribution in [3.05, 3.63) is 11.8 Å². The Morgan fingerprint density at radius 2 is 2.35 bits per heavy atom. The molecule has 1 N–H and O–H groups in total. The lowest BCUT2D eigenvalue weighted by Crippen LogP contribution is -2.42. The largest absolute Gasteiger partial charge is 0.495 e. The summed E-state index contributed by atoms with van der Waals surface area (Å²) < 4.78 is 10.5. The van der Waals surface area contributed by atoms with Gasteiger partial charge in [-0.1, -0.05) is 0 Å². The number of ether oxygens (including phenoxy) is 2. The van der Waals surface area contributed by atoms with Gasteiger partial charge in [0.1, 0.15) is 18.0 Å². The highest BCUT2D eigenvalue weighted by Crippen LogP contribution is 2.17. The fourth-order valence-electron chi connectivity index (χ4n) is 1.45. The summed E-state index contributed by atoms with van der Waals surface area (Å²) in [7, 11) is 0. The van der Waals surface area contributed by atoms with Crippen LogP contribution in [0.5, 0.6) is 0 Å². The Labute approximate surface area is 101 Å². The van der Waals surface area contributed by atoms with E-state index in [-0.39, 0.29) is 6.04 Å². The number of nitrogens with one attached hydrogen (secondary N) is 1. The number of hydrogen-bond acceptors (Lipinski definition) is 4. The van der Waals surface area contributed by atoms with Gasteiger partial charge in [0.05, 0.1) is 18.2 Å². The topological polar surface area (TPSA) is 71.3 Å². The Morgan fingerprint density at radius 1 is 1.65 bits per heavy atom. The summed E-state index contributed by atoms with van der Waals surface area (Å²) in [5.41, 5.74) is -0.495. The van der Waals surface area contributed by atoms with E-state index in [1.165, 1.54) is 6.08 Å². The van der Waals surface area contributed by atoms with E-state index in [4.69, 9.17) is 14.7 Å². The molecule has 1 fully saturated rings. The Morgan fingerprint density at radius 3 is 2.82 bits per heavy atom. The van der Waals surface area contributed by atoms with Gasteiger partial charge < -0.3 is 14.8 Å². The predicted octanol–water partition coefficient (Wildman–Crippen LogP) is 2.10. The van der Waals surface area contributed by atoms with Gasteiger partial charge in [-0.05, 0) is 27.2 Å². The maximum Gasteiger partial charge on any atom is 0.407 e. The minimum Gasteiger partial charge on any atom is -0.495 e. The van der Waals surface area contributed by atoms with Gasteiger partial charge in [-0.15, -0.1) is 0 Å². The third-order valence-corrected chi connectivity index (χ3v) is 2.16. The van der Waals surface area contributed by atoms with Gasteiger partial charge in [0.25, 0.3) is 0 Å². The molecule has 5 nitrogen and oxygen atoms in total. The van der Waals surface area contributed by atoms with Gasteiger partial charge in [-0.3, -0.25) is 0 Å². The molecule has 1 aliphatic rings. The van der Waals surface area contributed by atoms with Crippen LogP contribution in [0.4, 0.5) is 4.79 Å². The molecule has 0 unspecified atom stereocenters. The first kappa shape index (κ1) is 13.4. The minimum absolute atomic E-state index is 0.0549. The molecule has 17 heavy (non-hydrogen) atoms. The number of nitrogens with zero attached hydrogens (tertiary/aromatic N) is 1. The summed E-state index contributed by atoms with van der Waals surface area (Å²) in [4.78, 5) is 11.5. The fraction of sp³-hybridized carbons (Fsp3) is 0.667. The van der Waals surface area contributed by atoms with E-state index in [0.29, 0.717) is 18.8 Å². The number of rotatable bonds is 1. The maximum atomic E-state index is 11.5. The number of alkyl carbamates (subject to hydrolysis) is 1. The summed E-state index contributed by atoms with van der Waals surface area (Å²) in [6.07, 6.45) is 2.38. The molecule has 1 rings (SSSR count). The third kappa shape index (κ3) is 5.25. The first-order valence-electron chi connectivity index (χ1n) is 5.61. The van der Waals surface area contributed by atoms with Crippen LogP contribution in [0.15, 0.2) is 11.8 Å². The molecule has 1 saturated heterocycles.